The van der Waals surface area contributed by atoms with Gasteiger partial charge in [-0.15, -0.1) is 11.8 Å². The lowest BCUT2D eigenvalue weighted by atomic mass is 9.87. The van der Waals surface area contributed by atoms with E-state index in [1.165, 1.54) is 12.0 Å². The zero-order valence-electron chi connectivity index (χ0n) is 7.97. The highest BCUT2D eigenvalue weighted by molar-refractivity contribution is 8.04. The molecule has 0 bridgehead atoms. The van der Waals surface area contributed by atoms with Gasteiger partial charge in [-0.1, -0.05) is 18.2 Å². The second-order valence-corrected chi connectivity index (χ2v) is 4.72. The van der Waals surface area contributed by atoms with Crippen molar-refractivity contribution in [1.82, 2.24) is 0 Å². The molecule has 2 aliphatic rings. The van der Waals surface area contributed by atoms with Gasteiger partial charge in [-0.05, 0) is 11.3 Å². The number of allylic oxidation sites excluding steroid dienone is 4. The molecule has 4 heteroatoms. The molecule has 2 N–H and O–H groups in total. The molecule has 0 aromatic rings. The Morgan fingerprint density at radius 1 is 1.71 bits per heavy atom. The van der Waals surface area contributed by atoms with Crippen LogP contribution in [-0.4, -0.2) is 18.5 Å². The normalized spacial score (nSPS) is 35.0. The molecule has 3 nitrogen and oxygen atoms in total. The largest absolute Gasteiger partial charge is 0.469 e. The summed E-state index contributed by atoms with van der Waals surface area (Å²) in [6.07, 6.45) is 7.03. The van der Waals surface area contributed by atoms with Gasteiger partial charge >= 0.3 is 5.97 Å². The molecule has 0 aromatic carbocycles. The van der Waals surface area contributed by atoms with E-state index >= 15 is 0 Å². The van der Waals surface area contributed by atoms with E-state index in [0.717, 1.165) is 6.42 Å². The van der Waals surface area contributed by atoms with Crippen LogP contribution in [0.15, 0.2) is 23.1 Å². The van der Waals surface area contributed by atoms with E-state index in [1.807, 2.05) is 12.2 Å². The van der Waals surface area contributed by atoms with Crippen molar-refractivity contribution < 1.29 is 9.53 Å². The van der Waals surface area contributed by atoms with Crippen molar-refractivity contribution in [2.45, 2.75) is 11.8 Å². The van der Waals surface area contributed by atoms with Crippen molar-refractivity contribution in [3.63, 3.8) is 0 Å². The number of hydrogen-bond acceptors (Lipinski definition) is 4. The van der Waals surface area contributed by atoms with Crippen LogP contribution in [0.5, 0.6) is 0 Å². The number of fused-ring (bicyclic) bond motifs is 1. The Hall–Kier alpha value is -0.740. The topological polar surface area (TPSA) is 52.3 Å². The first-order valence-electron chi connectivity index (χ1n) is 4.61. The van der Waals surface area contributed by atoms with Gasteiger partial charge in [0.15, 0.2) is 0 Å². The Balaban J connectivity index is 2.22. The van der Waals surface area contributed by atoms with E-state index in [9.17, 15) is 4.79 Å². The first-order chi connectivity index (χ1) is 6.74. The Labute approximate surface area is 87.4 Å². The fourth-order valence-corrected chi connectivity index (χ4v) is 3.31. The van der Waals surface area contributed by atoms with Crippen LogP contribution in [0.4, 0.5) is 0 Å². The SMILES string of the molecule is COC(=O)C1C(N)SC2=CC=CCC21. The van der Waals surface area contributed by atoms with Gasteiger partial charge in [0.2, 0.25) is 0 Å². The lowest BCUT2D eigenvalue weighted by Crippen LogP contribution is -2.33. The van der Waals surface area contributed by atoms with E-state index in [-0.39, 0.29) is 23.2 Å². The molecule has 1 aliphatic heterocycles. The lowest BCUT2D eigenvalue weighted by molar-refractivity contribution is -0.146. The molecular weight excluding hydrogens is 198 g/mol. The van der Waals surface area contributed by atoms with Crippen LogP contribution in [0.2, 0.25) is 0 Å². The predicted octanol–water partition coefficient (Wildman–Crippen LogP) is 1.27. The number of nitrogens with two attached hydrogens (primary N) is 1. The summed E-state index contributed by atoms with van der Waals surface area (Å²) < 4.78 is 4.77. The van der Waals surface area contributed by atoms with E-state index < -0.39 is 0 Å². The van der Waals surface area contributed by atoms with Crippen molar-refractivity contribution in [3.05, 3.63) is 23.1 Å². The highest BCUT2D eigenvalue weighted by Crippen LogP contribution is 2.47. The maximum Gasteiger partial charge on any atom is 0.311 e. The summed E-state index contributed by atoms with van der Waals surface area (Å²) in [5.41, 5.74) is 5.91. The summed E-state index contributed by atoms with van der Waals surface area (Å²) >= 11 is 1.59. The molecule has 1 heterocycles. The van der Waals surface area contributed by atoms with Gasteiger partial charge in [0.05, 0.1) is 18.4 Å². The second kappa shape index (κ2) is 3.79. The number of carbonyl (C=O) groups is 1. The number of carbonyl (C=O) groups excluding carboxylic acids is 1. The third-order valence-electron chi connectivity index (χ3n) is 2.68. The van der Waals surface area contributed by atoms with Crippen molar-refractivity contribution >= 4 is 17.7 Å². The summed E-state index contributed by atoms with van der Waals surface area (Å²) in [5.74, 6) is -0.123. The Bertz CT molecular complexity index is 311. The monoisotopic (exact) mass is 211 g/mol. The number of rotatable bonds is 1. The number of esters is 1. The first kappa shape index (κ1) is 9.80. The van der Waals surface area contributed by atoms with Crippen molar-refractivity contribution in [1.29, 1.82) is 0 Å². The molecule has 0 radical (unpaired) electrons. The summed E-state index contributed by atoms with van der Waals surface area (Å²) in [5, 5.41) is -0.154. The highest BCUT2D eigenvalue weighted by Gasteiger charge is 2.43. The number of ether oxygens (including phenoxy) is 1. The second-order valence-electron chi connectivity index (χ2n) is 3.47. The minimum atomic E-state index is -0.186. The molecule has 0 saturated carbocycles. The molecule has 1 aliphatic carbocycles. The highest BCUT2D eigenvalue weighted by atomic mass is 32.2. The molecule has 1 saturated heterocycles. The van der Waals surface area contributed by atoms with Gasteiger partial charge in [-0.25, -0.2) is 0 Å². The maximum atomic E-state index is 11.5. The van der Waals surface area contributed by atoms with Crippen LogP contribution < -0.4 is 5.73 Å². The van der Waals surface area contributed by atoms with Gasteiger partial charge in [-0.3, -0.25) is 4.79 Å². The smallest absolute Gasteiger partial charge is 0.311 e. The molecule has 3 atom stereocenters. The number of methoxy groups -OCH3 is 1. The summed E-state index contributed by atoms with van der Waals surface area (Å²) in [4.78, 5) is 12.7. The first-order valence-corrected chi connectivity index (χ1v) is 5.49. The predicted molar refractivity (Wildman–Crippen MR) is 56.4 cm³/mol. The summed E-state index contributed by atoms with van der Waals surface area (Å²) in [6, 6.07) is 0. The van der Waals surface area contributed by atoms with E-state index in [2.05, 4.69) is 6.08 Å². The number of hydrogen-bond donors (Lipinski definition) is 1. The third-order valence-corrected chi connectivity index (χ3v) is 3.96. The maximum absolute atomic E-state index is 11.5. The Morgan fingerprint density at radius 2 is 2.50 bits per heavy atom. The molecule has 0 aromatic heterocycles. The molecule has 1 fully saturated rings. The molecule has 76 valence electrons. The average molecular weight is 211 g/mol. The van der Waals surface area contributed by atoms with E-state index in [0.29, 0.717) is 0 Å². The fraction of sp³-hybridized carbons (Fsp3) is 0.500. The van der Waals surface area contributed by atoms with Crippen LogP contribution in [0.25, 0.3) is 0 Å². The zero-order valence-corrected chi connectivity index (χ0v) is 8.79. The summed E-state index contributed by atoms with van der Waals surface area (Å²) in [7, 11) is 1.42. The average Bonchev–Trinajstić information content (AvgIpc) is 2.53. The van der Waals surface area contributed by atoms with E-state index in [4.69, 9.17) is 10.5 Å². The van der Waals surface area contributed by atoms with Crippen molar-refractivity contribution in [2.24, 2.45) is 17.6 Å². The molecule has 2 rings (SSSR count). The van der Waals surface area contributed by atoms with Crippen LogP contribution in [0.3, 0.4) is 0 Å². The Morgan fingerprint density at radius 3 is 3.21 bits per heavy atom. The van der Waals surface area contributed by atoms with Gasteiger partial charge < -0.3 is 10.5 Å². The minimum Gasteiger partial charge on any atom is -0.469 e. The Kier molecular flexibility index (Phi) is 2.65. The minimum absolute atomic E-state index is 0.154. The molecule has 0 amide bonds. The van der Waals surface area contributed by atoms with Gasteiger partial charge in [0.25, 0.3) is 0 Å². The number of thioether (sulfide) groups is 1. The van der Waals surface area contributed by atoms with Gasteiger partial charge in [0, 0.05) is 5.92 Å². The molecule has 0 spiro atoms. The molecular formula is C10H13NO2S. The fourth-order valence-electron chi connectivity index (χ4n) is 1.97. The lowest BCUT2D eigenvalue weighted by Gasteiger charge is -2.19. The quantitative estimate of drug-likeness (QED) is 0.664. The van der Waals surface area contributed by atoms with Crippen molar-refractivity contribution in [2.75, 3.05) is 7.11 Å². The summed E-state index contributed by atoms with van der Waals surface area (Å²) in [6.45, 7) is 0. The van der Waals surface area contributed by atoms with Gasteiger partial charge in [0.1, 0.15) is 0 Å². The standard InChI is InChI=1S/C10H13NO2S/c1-13-10(12)8-6-4-2-3-5-7(6)14-9(8)11/h2-3,5-6,8-9H,4,11H2,1H3. The zero-order chi connectivity index (χ0) is 10.1. The van der Waals surface area contributed by atoms with E-state index in [1.54, 1.807) is 11.8 Å². The van der Waals surface area contributed by atoms with Crippen LogP contribution >= 0.6 is 11.8 Å². The van der Waals surface area contributed by atoms with Crippen LogP contribution in [0, 0.1) is 11.8 Å². The molecule has 14 heavy (non-hydrogen) atoms. The third kappa shape index (κ3) is 1.48. The van der Waals surface area contributed by atoms with Gasteiger partial charge in [-0.2, -0.15) is 0 Å². The molecule has 3 unspecified atom stereocenters. The van der Waals surface area contributed by atoms with Crippen LogP contribution in [0.1, 0.15) is 6.42 Å². The van der Waals surface area contributed by atoms with Crippen molar-refractivity contribution in [3.8, 4) is 0 Å². The van der Waals surface area contributed by atoms with Crippen LogP contribution in [-0.2, 0) is 9.53 Å².